The van der Waals surface area contributed by atoms with Gasteiger partial charge in [0, 0.05) is 25.0 Å². The first-order chi connectivity index (χ1) is 11.8. The largest absolute Gasteiger partial charge is 0.492 e. The minimum atomic E-state index is -3.82. The molecule has 4 atom stereocenters. The van der Waals surface area contributed by atoms with Gasteiger partial charge in [-0.05, 0) is 25.0 Å². The molecular weight excluding hydrogens is 348 g/mol. The van der Waals surface area contributed by atoms with Gasteiger partial charge >= 0.3 is 0 Å². The molecule has 1 unspecified atom stereocenters. The van der Waals surface area contributed by atoms with Gasteiger partial charge in [0.2, 0.25) is 10.0 Å². The number of sulfonamides is 1. The Balaban J connectivity index is 1.92. The van der Waals surface area contributed by atoms with Crippen molar-refractivity contribution >= 4 is 10.0 Å². The van der Waals surface area contributed by atoms with Crippen LogP contribution in [0.2, 0.25) is 0 Å². The van der Waals surface area contributed by atoms with Crippen molar-refractivity contribution in [3.8, 4) is 5.75 Å². The zero-order valence-corrected chi connectivity index (χ0v) is 14.6. The van der Waals surface area contributed by atoms with Gasteiger partial charge in [-0.1, -0.05) is 12.1 Å². The van der Waals surface area contributed by atoms with E-state index < -0.39 is 33.8 Å². The van der Waals surface area contributed by atoms with Crippen molar-refractivity contribution in [3.63, 3.8) is 0 Å². The van der Waals surface area contributed by atoms with Gasteiger partial charge in [0.15, 0.2) is 0 Å². The lowest BCUT2D eigenvalue weighted by Crippen LogP contribution is -2.44. The zero-order valence-electron chi connectivity index (χ0n) is 13.8. The molecular formula is C16H24N2O6S. The summed E-state index contributed by atoms with van der Waals surface area (Å²) < 4.78 is 33.1. The maximum absolute atomic E-state index is 12.5. The molecule has 1 saturated carbocycles. The summed E-state index contributed by atoms with van der Waals surface area (Å²) in [5.74, 6) is 0.209. The highest BCUT2D eigenvalue weighted by Gasteiger charge is 2.45. The first kappa shape index (κ1) is 18.6. The van der Waals surface area contributed by atoms with E-state index in [4.69, 9.17) is 4.74 Å². The first-order valence-electron chi connectivity index (χ1n) is 8.28. The molecule has 9 heteroatoms. The van der Waals surface area contributed by atoms with Gasteiger partial charge in [0.05, 0.1) is 24.9 Å². The Kier molecular flexibility index (Phi) is 5.33. The molecule has 5 N–H and O–H groups in total. The molecule has 3 rings (SSSR count). The quantitative estimate of drug-likeness (QED) is 0.387. The molecule has 1 aromatic rings. The van der Waals surface area contributed by atoms with E-state index in [2.05, 4.69) is 10.0 Å². The van der Waals surface area contributed by atoms with Crippen molar-refractivity contribution in [2.75, 3.05) is 26.2 Å². The van der Waals surface area contributed by atoms with Crippen LogP contribution in [-0.4, -0.2) is 68.3 Å². The predicted octanol–water partition coefficient (Wildman–Crippen LogP) is -1.19. The number of aliphatic hydroxyl groups excluding tert-OH is 3. The van der Waals surface area contributed by atoms with Crippen LogP contribution in [0.1, 0.15) is 12.8 Å². The molecule has 1 heterocycles. The van der Waals surface area contributed by atoms with Gasteiger partial charge in [0.1, 0.15) is 10.6 Å². The van der Waals surface area contributed by atoms with Crippen LogP contribution in [0.5, 0.6) is 5.75 Å². The number of rotatable bonds is 0. The monoisotopic (exact) mass is 372 g/mol. The number of benzene rings is 1. The van der Waals surface area contributed by atoms with Gasteiger partial charge in [-0.25, -0.2) is 13.1 Å². The van der Waals surface area contributed by atoms with E-state index in [9.17, 15) is 23.7 Å². The molecule has 8 nitrogen and oxygen atoms in total. The number of ether oxygens (including phenoxy) is 1. The van der Waals surface area contributed by atoms with E-state index in [0.29, 0.717) is 19.4 Å². The highest BCUT2D eigenvalue weighted by atomic mass is 32.2. The van der Waals surface area contributed by atoms with Crippen LogP contribution in [0.3, 0.4) is 0 Å². The standard InChI is InChI=1S/C16H24N2O6S/c19-11-7-17-9-16(5-12(20)13(21)6-16)10-24-14-3-1-2-4-15(14)25(22,23)18-8-11/h1-4,11-13,17-21H,5-10H2/t11-,12-,13+,16?/m1/s1. The molecule has 0 radical (unpaired) electrons. The number of fused-ring (bicyclic) bond motifs is 1. The number of para-hydroxylation sites is 1. The van der Waals surface area contributed by atoms with Crippen molar-refractivity contribution in [1.29, 1.82) is 0 Å². The van der Waals surface area contributed by atoms with Crippen LogP contribution in [0.15, 0.2) is 29.2 Å². The summed E-state index contributed by atoms with van der Waals surface area (Å²) in [4.78, 5) is 0.00461. The third kappa shape index (κ3) is 4.13. The number of hydrogen-bond donors (Lipinski definition) is 5. The molecule has 1 fully saturated rings. The van der Waals surface area contributed by atoms with Crippen molar-refractivity contribution in [2.24, 2.45) is 5.41 Å². The van der Waals surface area contributed by atoms with E-state index in [1.54, 1.807) is 18.2 Å². The molecule has 1 aromatic carbocycles. The van der Waals surface area contributed by atoms with Crippen molar-refractivity contribution < 1.29 is 28.5 Å². The molecule has 0 saturated heterocycles. The maximum Gasteiger partial charge on any atom is 0.244 e. The highest BCUT2D eigenvalue weighted by molar-refractivity contribution is 7.89. The van der Waals surface area contributed by atoms with Gasteiger partial charge in [-0.3, -0.25) is 0 Å². The summed E-state index contributed by atoms with van der Waals surface area (Å²) >= 11 is 0. The molecule has 1 aliphatic carbocycles. The first-order valence-corrected chi connectivity index (χ1v) is 9.76. The Morgan fingerprint density at radius 3 is 2.48 bits per heavy atom. The lowest BCUT2D eigenvalue weighted by atomic mass is 9.86. The van der Waals surface area contributed by atoms with Crippen LogP contribution >= 0.6 is 0 Å². The molecule has 1 aliphatic heterocycles. The van der Waals surface area contributed by atoms with Crippen molar-refractivity contribution in [1.82, 2.24) is 10.0 Å². The number of nitrogens with one attached hydrogen (secondary N) is 2. The summed E-state index contributed by atoms with van der Waals surface area (Å²) in [7, 11) is -3.82. The summed E-state index contributed by atoms with van der Waals surface area (Å²) in [6, 6.07) is 6.29. The predicted molar refractivity (Wildman–Crippen MR) is 89.7 cm³/mol. The molecule has 0 amide bonds. The topological polar surface area (TPSA) is 128 Å². The van der Waals surface area contributed by atoms with E-state index >= 15 is 0 Å². The third-order valence-electron chi connectivity index (χ3n) is 4.79. The molecule has 0 aromatic heterocycles. The molecule has 25 heavy (non-hydrogen) atoms. The molecule has 1 spiro atoms. The van der Waals surface area contributed by atoms with Crippen molar-refractivity contribution in [2.45, 2.75) is 36.0 Å². The summed E-state index contributed by atoms with van der Waals surface area (Å²) in [5, 5.41) is 33.0. The summed E-state index contributed by atoms with van der Waals surface area (Å²) in [6.07, 6.45) is -1.90. The van der Waals surface area contributed by atoms with E-state index in [1.807, 2.05) is 0 Å². The fourth-order valence-electron chi connectivity index (χ4n) is 3.44. The maximum atomic E-state index is 12.5. The van der Waals surface area contributed by atoms with Crippen molar-refractivity contribution in [3.05, 3.63) is 24.3 Å². The second kappa shape index (κ2) is 7.18. The van der Waals surface area contributed by atoms with Gasteiger partial charge < -0.3 is 25.4 Å². The normalized spacial score (nSPS) is 36.0. The van der Waals surface area contributed by atoms with E-state index in [0.717, 1.165) is 0 Å². The second-order valence-electron chi connectivity index (χ2n) is 6.91. The Hall–Kier alpha value is -1.23. The zero-order chi connectivity index (χ0) is 18.1. The van der Waals surface area contributed by atoms with Crippen LogP contribution in [0.4, 0.5) is 0 Å². The lowest BCUT2D eigenvalue weighted by Gasteiger charge is -2.30. The molecule has 2 aliphatic rings. The minimum absolute atomic E-state index is 0.00461. The minimum Gasteiger partial charge on any atom is -0.492 e. The summed E-state index contributed by atoms with van der Waals surface area (Å²) in [6.45, 7) is 0.657. The van der Waals surface area contributed by atoms with Gasteiger partial charge in [0.25, 0.3) is 0 Å². The molecule has 140 valence electrons. The van der Waals surface area contributed by atoms with Crippen LogP contribution in [0, 0.1) is 5.41 Å². The lowest BCUT2D eigenvalue weighted by molar-refractivity contribution is 0.0438. The Labute approximate surface area is 146 Å². The summed E-state index contributed by atoms with van der Waals surface area (Å²) in [5.41, 5.74) is -0.540. The van der Waals surface area contributed by atoms with Gasteiger partial charge in [-0.15, -0.1) is 0 Å². The smallest absolute Gasteiger partial charge is 0.244 e. The average molecular weight is 372 g/mol. The Morgan fingerprint density at radius 2 is 1.76 bits per heavy atom. The van der Waals surface area contributed by atoms with E-state index in [-0.39, 0.29) is 30.3 Å². The SMILES string of the molecule is O=S1(=O)NC[C@H](O)CNCC2(COc3ccccc31)C[C@@H](O)[C@@H](O)C2. The van der Waals surface area contributed by atoms with E-state index in [1.165, 1.54) is 6.07 Å². The number of aliphatic hydroxyl groups is 3. The third-order valence-corrected chi connectivity index (χ3v) is 6.25. The second-order valence-corrected chi connectivity index (χ2v) is 8.65. The highest BCUT2D eigenvalue weighted by Crippen LogP contribution is 2.39. The fourth-order valence-corrected chi connectivity index (χ4v) is 4.65. The van der Waals surface area contributed by atoms with Crippen LogP contribution in [-0.2, 0) is 10.0 Å². The molecule has 0 bridgehead atoms. The Bertz CT molecular complexity index is 700. The Morgan fingerprint density at radius 1 is 1.08 bits per heavy atom. The average Bonchev–Trinajstić information content (AvgIpc) is 2.85. The number of β-amino-alcohol motifs (C(OH)–C–C–N with tert-alkyl or cyclic N) is 1. The van der Waals surface area contributed by atoms with Crippen LogP contribution in [0.25, 0.3) is 0 Å². The number of hydrogen-bond acceptors (Lipinski definition) is 7. The van der Waals surface area contributed by atoms with Gasteiger partial charge in [-0.2, -0.15) is 0 Å². The van der Waals surface area contributed by atoms with Crippen LogP contribution < -0.4 is 14.8 Å². The fraction of sp³-hybridized carbons (Fsp3) is 0.625.